The minimum absolute atomic E-state index is 0.0903. The lowest BCUT2D eigenvalue weighted by atomic mass is 9.88. The third-order valence-corrected chi connectivity index (χ3v) is 5.61. The summed E-state index contributed by atoms with van der Waals surface area (Å²) >= 11 is 0. The van der Waals surface area contributed by atoms with Crippen LogP contribution in [0.1, 0.15) is 89.5 Å². The maximum Gasteiger partial charge on any atom is 0.303 e. The van der Waals surface area contributed by atoms with Gasteiger partial charge in [0.25, 0.3) is 0 Å². The molecule has 1 atom stereocenters. The Hall–Kier alpha value is -2.22. The normalized spacial score (nSPS) is 17.8. The van der Waals surface area contributed by atoms with Gasteiger partial charge in [-0.2, -0.15) is 5.26 Å². The monoisotopic (exact) mass is 401 g/mol. The van der Waals surface area contributed by atoms with E-state index >= 15 is 0 Å². The van der Waals surface area contributed by atoms with Crippen LogP contribution in [-0.4, -0.2) is 23.3 Å². The number of aliphatic carboxylic acids is 1. The molecule has 5 heteroatoms. The highest BCUT2D eigenvalue weighted by Crippen LogP contribution is 2.37. The van der Waals surface area contributed by atoms with Crippen LogP contribution >= 0.6 is 0 Å². The fourth-order valence-corrected chi connectivity index (χ4v) is 3.81. The molecule has 1 aromatic carbocycles. The van der Waals surface area contributed by atoms with Gasteiger partial charge in [-0.3, -0.25) is 4.79 Å². The van der Waals surface area contributed by atoms with E-state index in [4.69, 9.17) is 19.8 Å². The Labute approximate surface area is 175 Å². The first-order valence-electron chi connectivity index (χ1n) is 11.1. The molecular weight excluding hydrogens is 366 g/mol. The number of carboxylic acids is 1. The number of hydrogen-bond donors (Lipinski definition) is 1. The minimum atomic E-state index is -0.755. The number of hydrogen-bond acceptors (Lipinski definition) is 4. The largest absolute Gasteiger partial charge is 0.494 e. The van der Waals surface area contributed by atoms with Gasteiger partial charge in [-0.25, -0.2) is 0 Å². The predicted octanol–water partition coefficient (Wildman–Crippen LogP) is 6.05. The molecule has 0 bridgehead atoms. The highest BCUT2D eigenvalue weighted by atomic mass is 16.5. The quantitative estimate of drug-likeness (QED) is 0.384. The molecule has 0 radical (unpaired) electrons. The summed E-state index contributed by atoms with van der Waals surface area (Å²) in [5, 5.41) is 17.2. The van der Waals surface area contributed by atoms with Crippen LogP contribution in [0.15, 0.2) is 18.2 Å². The van der Waals surface area contributed by atoms with Gasteiger partial charge in [0.05, 0.1) is 12.7 Å². The van der Waals surface area contributed by atoms with E-state index < -0.39 is 5.97 Å². The number of unbranched alkanes of at least 4 members (excludes halogenated alkanes) is 7. The van der Waals surface area contributed by atoms with Gasteiger partial charge in [-0.1, -0.05) is 25.7 Å². The summed E-state index contributed by atoms with van der Waals surface area (Å²) in [4.78, 5) is 10.5. The number of benzene rings is 1. The van der Waals surface area contributed by atoms with E-state index in [0.717, 1.165) is 43.6 Å². The van der Waals surface area contributed by atoms with Gasteiger partial charge in [0.15, 0.2) is 0 Å². The zero-order valence-electron chi connectivity index (χ0n) is 17.8. The second-order valence-electron chi connectivity index (χ2n) is 8.30. The number of aryl methyl sites for hydroxylation is 1. The lowest BCUT2D eigenvalue weighted by Crippen LogP contribution is -2.36. The smallest absolute Gasteiger partial charge is 0.303 e. The molecule has 0 fully saturated rings. The first-order valence-corrected chi connectivity index (χ1v) is 11.1. The fourth-order valence-electron chi connectivity index (χ4n) is 3.81. The average Bonchev–Trinajstić information content (AvgIpc) is 2.69. The number of rotatable bonds is 14. The number of nitrogens with zero attached hydrogens (tertiary/aromatic N) is 1. The number of carboxylic acid groups (broad SMARTS) is 1. The summed E-state index contributed by atoms with van der Waals surface area (Å²) in [6.45, 7) is 2.76. The Balaban J connectivity index is 1.69. The summed E-state index contributed by atoms with van der Waals surface area (Å²) in [5.41, 5.74) is 1.11. The van der Waals surface area contributed by atoms with Gasteiger partial charge in [0.1, 0.15) is 17.1 Å². The third kappa shape index (κ3) is 8.77. The van der Waals surface area contributed by atoms with Gasteiger partial charge in [-0.05, 0) is 75.6 Å². The van der Waals surface area contributed by atoms with E-state index in [9.17, 15) is 4.79 Å². The fraction of sp³-hybridized carbons (Fsp3) is 0.667. The number of nitriles is 1. The third-order valence-electron chi connectivity index (χ3n) is 5.61. The van der Waals surface area contributed by atoms with Gasteiger partial charge in [0, 0.05) is 12.8 Å². The molecule has 0 saturated carbocycles. The summed E-state index contributed by atoms with van der Waals surface area (Å²) < 4.78 is 12.1. The zero-order valence-corrected chi connectivity index (χ0v) is 17.8. The van der Waals surface area contributed by atoms with Gasteiger partial charge >= 0.3 is 5.97 Å². The van der Waals surface area contributed by atoms with Crippen LogP contribution in [0.3, 0.4) is 0 Å². The Kier molecular flexibility index (Phi) is 9.83. The summed E-state index contributed by atoms with van der Waals surface area (Å²) in [7, 11) is 0. The first-order chi connectivity index (χ1) is 14.0. The van der Waals surface area contributed by atoms with E-state index in [1.165, 1.54) is 37.7 Å². The Bertz CT molecular complexity index is 682. The highest BCUT2D eigenvalue weighted by molar-refractivity contribution is 5.66. The molecule has 5 nitrogen and oxygen atoms in total. The number of fused-ring (bicyclic) bond motifs is 1. The molecule has 2 rings (SSSR count). The molecule has 160 valence electrons. The van der Waals surface area contributed by atoms with Gasteiger partial charge < -0.3 is 14.6 Å². The second-order valence-corrected chi connectivity index (χ2v) is 8.30. The maximum atomic E-state index is 10.5. The summed E-state index contributed by atoms with van der Waals surface area (Å²) in [5.74, 6) is 1.05. The van der Waals surface area contributed by atoms with E-state index in [1.54, 1.807) is 0 Å². The molecule has 0 aliphatic carbocycles. The molecule has 1 aliphatic rings. The van der Waals surface area contributed by atoms with E-state index in [-0.39, 0.29) is 12.0 Å². The molecule has 1 unspecified atom stereocenters. The predicted molar refractivity (Wildman–Crippen MR) is 113 cm³/mol. The molecule has 0 spiro atoms. The SMILES string of the molecule is CC1(CCCCCCCCC#N)CCc2cc(OCCCCC(=O)O)ccc2O1. The van der Waals surface area contributed by atoms with Crippen molar-refractivity contribution in [3.05, 3.63) is 23.8 Å². The Morgan fingerprint density at radius 1 is 1.17 bits per heavy atom. The molecule has 1 aromatic rings. The van der Waals surface area contributed by atoms with Crippen molar-refractivity contribution < 1.29 is 19.4 Å². The molecule has 0 amide bonds. The summed E-state index contributed by atoms with van der Waals surface area (Å²) in [6.07, 6.45) is 12.4. The molecule has 1 aliphatic heterocycles. The van der Waals surface area contributed by atoms with Crippen LogP contribution in [0.2, 0.25) is 0 Å². The van der Waals surface area contributed by atoms with Gasteiger partial charge in [0.2, 0.25) is 0 Å². The van der Waals surface area contributed by atoms with Crippen molar-refractivity contribution in [2.24, 2.45) is 0 Å². The van der Waals surface area contributed by atoms with Crippen LogP contribution in [0.4, 0.5) is 0 Å². The maximum absolute atomic E-state index is 10.5. The Morgan fingerprint density at radius 2 is 1.93 bits per heavy atom. The number of carbonyl (C=O) groups is 1. The van der Waals surface area contributed by atoms with Crippen molar-refractivity contribution in [1.82, 2.24) is 0 Å². The van der Waals surface area contributed by atoms with E-state index in [1.807, 2.05) is 12.1 Å². The zero-order chi connectivity index (χ0) is 21.0. The molecule has 0 aromatic heterocycles. The van der Waals surface area contributed by atoms with Crippen molar-refractivity contribution in [2.45, 2.75) is 96.0 Å². The van der Waals surface area contributed by atoms with Crippen molar-refractivity contribution in [2.75, 3.05) is 6.61 Å². The Morgan fingerprint density at radius 3 is 2.69 bits per heavy atom. The van der Waals surface area contributed by atoms with Crippen molar-refractivity contribution >= 4 is 5.97 Å². The van der Waals surface area contributed by atoms with Crippen molar-refractivity contribution in [1.29, 1.82) is 5.26 Å². The first kappa shape index (κ1) is 23.1. The summed E-state index contributed by atoms with van der Waals surface area (Å²) in [6, 6.07) is 8.22. The highest BCUT2D eigenvalue weighted by Gasteiger charge is 2.31. The standard InChI is InChI=1S/C24H35NO4/c1-24(15-8-5-3-2-4-6-9-17-25)16-14-20-19-21(12-13-22(20)29-24)28-18-10-7-11-23(26)27/h12-13,19H,2-11,14-16,18H2,1H3,(H,26,27). The minimum Gasteiger partial charge on any atom is -0.494 e. The number of ether oxygens (including phenoxy) is 2. The van der Waals surface area contributed by atoms with Crippen LogP contribution in [-0.2, 0) is 11.2 Å². The molecule has 1 heterocycles. The topological polar surface area (TPSA) is 79.5 Å². The van der Waals surface area contributed by atoms with Crippen LogP contribution < -0.4 is 9.47 Å². The lowest BCUT2D eigenvalue weighted by Gasteiger charge is -2.36. The van der Waals surface area contributed by atoms with Crippen LogP contribution in [0.25, 0.3) is 0 Å². The van der Waals surface area contributed by atoms with Crippen LogP contribution in [0.5, 0.6) is 11.5 Å². The molecular formula is C24H35NO4. The van der Waals surface area contributed by atoms with Crippen molar-refractivity contribution in [3.8, 4) is 17.6 Å². The average molecular weight is 402 g/mol. The van der Waals surface area contributed by atoms with Crippen LogP contribution in [0, 0.1) is 11.3 Å². The molecule has 1 N–H and O–H groups in total. The second kappa shape index (κ2) is 12.4. The van der Waals surface area contributed by atoms with Gasteiger partial charge in [-0.15, -0.1) is 0 Å². The van der Waals surface area contributed by atoms with E-state index in [0.29, 0.717) is 19.4 Å². The van der Waals surface area contributed by atoms with Crippen molar-refractivity contribution in [3.63, 3.8) is 0 Å². The van der Waals surface area contributed by atoms with E-state index in [2.05, 4.69) is 19.1 Å². The molecule has 29 heavy (non-hydrogen) atoms. The lowest BCUT2D eigenvalue weighted by molar-refractivity contribution is -0.137. The molecule has 0 saturated heterocycles.